The van der Waals surface area contributed by atoms with Gasteiger partial charge in [-0.1, -0.05) is 11.6 Å². The summed E-state index contributed by atoms with van der Waals surface area (Å²) in [4.78, 5) is 15.4. The summed E-state index contributed by atoms with van der Waals surface area (Å²) in [5.41, 5.74) is -0.354. The highest BCUT2D eigenvalue weighted by Gasteiger charge is 2.18. The lowest BCUT2D eigenvalue weighted by Gasteiger charge is -2.06. The fraction of sp³-hybridized carbons (Fsp3) is 0. The van der Waals surface area contributed by atoms with Crippen LogP contribution < -0.4 is 5.32 Å². The van der Waals surface area contributed by atoms with Gasteiger partial charge in [-0.25, -0.2) is 18.2 Å². The number of hydrogen-bond donors (Lipinski definition) is 1. The summed E-state index contributed by atoms with van der Waals surface area (Å²) in [6.45, 7) is 0. The van der Waals surface area contributed by atoms with Crippen LogP contribution in [-0.2, 0) is 0 Å². The van der Waals surface area contributed by atoms with E-state index in [2.05, 4.69) is 10.3 Å². The average molecular weight is 287 g/mol. The van der Waals surface area contributed by atoms with Crippen molar-refractivity contribution >= 4 is 23.2 Å². The Bertz CT molecular complexity index is 632. The van der Waals surface area contributed by atoms with Gasteiger partial charge in [0.1, 0.15) is 5.15 Å². The molecule has 0 aliphatic rings. The van der Waals surface area contributed by atoms with Crippen molar-refractivity contribution in [3.05, 3.63) is 58.6 Å². The Morgan fingerprint density at radius 2 is 1.84 bits per heavy atom. The molecule has 0 spiro atoms. The number of carbonyl (C=O) groups excluding carboxylic acids is 1. The van der Waals surface area contributed by atoms with Crippen LogP contribution in [0.5, 0.6) is 0 Å². The number of carbonyl (C=O) groups is 1. The molecule has 0 aliphatic heterocycles. The van der Waals surface area contributed by atoms with E-state index in [0.29, 0.717) is 6.07 Å². The highest BCUT2D eigenvalue weighted by molar-refractivity contribution is 6.29. The molecule has 1 amide bonds. The van der Waals surface area contributed by atoms with Gasteiger partial charge in [0, 0.05) is 0 Å². The predicted octanol–water partition coefficient (Wildman–Crippen LogP) is 3.40. The van der Waals surface area contributed by atoms with Gasteiger partial charge in [-0.05, 0) is 24.3 Å². The highest BCUT2D eigenvalue weighted by Crippen LogP contribution is 2.17. The number of rotatable bonds is 2. The summed E-state index contributed by atoms with van der Waals surface area (Å²) in [6.07, 6.45) is 1.25. The average Bonchev–Trinajstić information content (AvgIpc) is 2.39. The Kier molecular flexibility index (Phi) is 3.71. The van der Waals surface area contributed by atoms with E-state index >= 15 is 0 Å². The quantitative estimate of drug-likeness (QED) is 0.679. The zero-order valence-corrected chi connectivity index (χ0v) is 10.0. The van der Waals surface area contributed by atoms with Crippen LogP contribution in [0.3, 0.4) is 0 Å². The van der Waals surface area contributed by atoms with E-state index in [-0.39, 0.29) is 10.8 Å². The normalized spacial score (nSPS) is 10.3. The van der Waals surface area contributed by atoms with Crippen LogP contribution in [0, 0.1) is 17.5 Å². The smallest absolute Gasteiger partial charge is 0.258 e. The van der Waals surface area contributed by atoms with Crippen LogP contribution >= 0.6 is 11.6 Å². The molecule has 0 saturated heterocycles. The molecule has 0 unspecified atom stereocenters. The molecular formula is C12H6ClF3N2O. The molecule has 0 fully saturated rings. The van der Waals surface area contributed by atoms with Crippen molar-refractivity contribution in [2.75, 3.05) is 5.32 Å². The van der Waals surface area contributed by atoms with E-state index in [1.807, 2.05) is 0 Å². The number of benzene rings is 1. The largest absolute Gasteiger partial charge is 0.320 e. The topological polar surface area (TPSA) is 42.0 Å². The maximum atomic E-state index is 13.4. The summed E-state index contributed by atoms with van der Waals surface area (Å²) in [5.74, 6) is -5.51. The van der Waals surface area contributed by atoms with Crippen molar-refractivity contribution < 1.29 is 18.0 Å². The van der Waals surface area contributed by atoms with Crippen LogP contribution in [0.1, 0.15) is 10.4 Å². The molecule has 0 atom stereocenters. The number of nitrogens with zero attached hydrogens (tertiary/aromatic N) is 1. The van der Waals surface area contributed by atoms with E-state index in [4.69, 9.17) is 11.6 Å². The van der Waals surface area contributed by atoms with Gasteiger partial charge in [-0.2, -0.15) is 0 Å². The number of halogens is 4. The Balaban J connectivity index is 2.25. The van der Waals surface area contributed by atoms with Crippen LogP contribution in [0.25, 0.3) is 0 Å². The summed E-state index contributed by atoms with van der Waals surface area (Å²) >= 11 is 5.55. The standard InChI is InChI=1S/C12H6ClF3N2O/c13-9-4-1-6(5-17-9)18-12(19)7-2-3-8(14)11(16)10(7)15/h1-5H,(H,18,19). The molecular weight excluding hydrogens is 281 g/mol. The van der Waals surface area contributed by atoms with Crippen molar-refractivity contribution in [3.8, 4) is 0 Å². The molecule has 98 valence electrons. The van der Waals surface area contributed by atoms with E-state index in [0.717, 1.165) is 6.07 Å². The van der Waals surface area contributed by atoms with Crippen molar-refractivity contribution in [2.24, 2.45) is 0 Å². The summed E-state index contributed by atoms with van der Waals surface area (Å²) in [6, 6.07) is 4.38. The Labute approximate surface area is 111 Å². The number of amides is 1. The highest BCUT2D eigenvalue weighted by atomic mass is 35.5. The van der Waals surface area contributed by atoms with Gasteiger partial charge in [0.2, 0.25) is 0 Å². The monoisotopic (exact) mass is 286 g/mol. The second-order valence-corrected chi connectivity index (χ2v) is 3.93. The van der Waals surface area contributed by atoms with Crippen LogP contribution in [0.2, 0.25) is 5.15 Å². The molecule has 3 nitrogen and oxygen atoms in total. The molecule has 0 aliphatic carbocycles. The number of aromatic nitrogens is 1. The summed E-state index contributed by atoms with van der Waals surface area (Å²) in [7, 11) is 0. The molecule has 1 aromatic carbocycles. The number of hydrogen-bond acceptors (Lipinski definition) is 2. The van der Waals surface area contributed by atoms with E-state index in [1.165, 1.54) is 18.3 Å². The number of anilines is 1. The third-order valence-corrected chi connectivity index (χ3v) is 2.49. The minimum absolute atomic E-state index is 0.219. The molecule has 1 N–H and O–H groups in total. The molecule has 2 aromatic rings. The minimum atomic E-state index is -1.69. The van der Waals surface area contributed by atoms with Crippen molar-refractivity contribution in [1.82, 2.24) is 4.98 Å². The first-order valence-corrected chi connectivity index (χ1v) is 5.43. The van der Waals surface area contributed by atoms with Crippen molar-refractivity contribution in [1.29, 1.82) is 0 Å². The molecule has 0 radical (unpaired) electrons. The van der Waals surface area contributed by atoms with Gasteiger partial charge in [0.05, 0.1) is 17.4 Å². The van der Waals surface area contributed by atoms with Gasteiger partial charge in [-0.15, -0.1) is 0 Å². The fourth-order valence-electron chi connectivity index (χ4n) is 1.35. The first-order valence-electron chi connectivity index (χ1n) is 5.05. The third kappa shape index (κ3) is 2.85. The molecule has 7 heteroatoms. The zero-order chi connectivity index (χ0) is 14.0. The molecule has 19 heavy (non-hydrogen) atoms. The van der Waals surface area contributed by atoms with Gasteiger partial charge in [-0.3, -0.25) is 4.79 Å². The first kappa shape index (κ1) is 13.4. The fourth-order valence-corrected chi connectivity index (χ4v) is 1.46. The lowest BCUT2D eigenvalue weighted by molar-refractivity contribution is 0.102. The van der Waals surface area contributed by atoms with E-state index in [1.54, 1.807) is 0 Å². The lowest BCUT2D eigenvalue weighted by atomic mass is 10.2. The predicted molar refractivity (Wildman–Crippen MR) is 63.5 cm³/mol. The van der Waals surface area contributed by atoms with E-state index < -0.39 is 28.9 Å². The van der Waals surface area contributed by atoms with Gasteiger partial charge in [0.25, 0.3) is 5.91 Å². The maximum absolute atomic E-state index is 13.4. The molecule has 2 rings (SSSR count). The molecule has 1 heterocycles. The van der Waals surface area contributed by atoms with Crippen LogP contribution in [0.15, 0.2) is 30.5 Å². The van der Waals surface area contributed by atoms with E-state index in [9.17, 15) is 18.0 Å². The SMILES string of the molecule is O=C(Nc1ccc(Cl)nc1)c1ccc(F)c(F)c1F. The zero-order valence-electron chi connectivity index (χ0n) is 9.25. The lowest BCUT2D eigenvalue weighted by Crippen LogP contribution is -2.15. The maximum Gasteiger partial charge on any atom is 0.258 e. The van der Waals surface area contributed by atoms with Crippen molar-refractivity contribution in [2.45, 2.75) is 0 Å². The number of pyridine rings is 1. The van der Waals surface area contributed by atoms with Crippen LogP contribution in [-0.4, -0.2) is 10.9 Å². The second kappa shape index (κ2) is 5.27. The first-order chi connectivity index (χ1) is 8.99. The Hall–Kier alpha value is -2.08. The van der Waals surface area contributed by atoms with Gasteiger partial charge in [0.15, 0.2) is 17.5 Å². The minimum Gasteiger partial charge on any atom is -0.320 e. The third-order valence-electron chi connectivity index (χ3n) is 2.27. The molecule has 0 saturated carbocycles. The van der Waals surface area contributed by atoms with Gasteiger partial charge >= 0.3 is 0 Å². The second-order valence-electron chi connectivity index (χ2n) is 3.55. The molecule has 0 bridgehead atoms. The molecule has 1 aromatic heterocycles. The van der Waals surface area contributed by atoms with Crippen molar-refractivity contribution in [3.63, 3.8) is 0 Å². The Morgan fingerprint density at radius 3 is 2.47 bits per heavy atom. The summed E-state index contributed by atoms with van der Waals surface area (Å²) in [5, 5.41) is 2.50. The Morgan fingerprint density at radius 1 is 1.11 bits per heavy atom. The van der Waals surface area contributed by atoms with Crippen LogP contribution in [0.4, 0.5) is 18.9 Å². The van der Waals surface area contributed by atoms with Gasteiger partial charge < -0.3 is 5.32 Å². The summed E-state index contributed by atoms with van der Waals surface area (Å²) < 4.78 is 39.1. The number of nitrogens with one attached hydrogen (secondary N) is 1.